The molecular formula is C51H87N11O23. The summed E-state index contributed by atoms with van der Waals surface area (Å²) in [5, 5.41) is 64.0. The minimum atomic E-state index is -1.43. The molecule has 1 aliphatic heterocycles. The number of nitrogens with one attached hydrogen (secondary N) is 7. The number of unbranched alkanes of at least 4 members (excludes halogenated alkanes) is 1. The molecule has 85 heavy (non-hydrogen) atoms. The van der Waals surface area contributed by atoms with E-state index in [-0.39, 0.29) is 207 Å². The number of carboxylic acid groups (broad SMARTS) is 5. The molecule has 0 aromatic carbocycles. The number of likely N-dealkylation sites (N-methyl/N-ethyl adjacent to an activating group) is 1. The molecule has 0 radical (unpaired) electrons. The summed E-state index contributed by atoms with van der Waals surface area (Å²) in [7, 11) is 0. The molecule has 0 spiro atoms. The van der Waals surface area contributed by atoms with E-state index in [1.807, 2.05) is 0 Å². The van der Waals surface area contributed by atoms with Gasteiger partial charge < -0.3 is 86.4 Å². The lowest BCUT2D eigenvalue weighted by atomic mass is 10.1. The molecule has 0 bridgehead atoms. The van der Waals surface area contributed by atoms with Gasteiger partial charge in [-0.1, -0.05) is 0 Å². The fourth-order valence-corrected chi connectivity index (χ4v) is 7.73. The molecule has 0 saturated carbocycles. The van der Waals surface area contributed by atoms with E-state index < -0.39 is 90.9 Å². The number of hydrogen-bond donors (Lipinski definition) is 12. The average molecular weight is 1220 g/mol. The minimum absolute atomic E-state index is 0.0292. The first kappa shape index (κ1) is 75.8. The quantitative estimate of drug-likeness (QED) is 0.0200. The number of esters is 1. The number of ether oxygens (including phenoxy) is 5. The van der Waals surface area contributed by atoms with Crippen molar-refractivity contribution in [2.75, 3.05) is 171 Å². The van der Waals surface area contributed by atoms with E-state index in [1.54, 1.807) is 26.5 Å². The normalized spacial score (nSPS) is 14.4. The molecule has 1 rings (SSSR count). The zero-order valence-corrected chi connectivity index (χ0v) is 48.3. The lowest BCUT2D eigenvalue weighted by molar-refractivity contribution is -0.145. The molecule has 1 aliphatic rings. The monoisotopic (exact) mass is 1220 g/mol. The molecule has 484 valence electrons. The SMILES string of the molecule is CCNC(=O)[C@H](CCCCNC(=O)CN1CCN(CC(=O)O)CCN(CC(=O)O)CCN(CC(=O)O)CC1)NC(=O)COCCOCCNC(=O)COCCOCCNC(=O)CCCOC(=O)CNC(=O)CC[C@H](NC(=O)CCC(=O)O)C(=O)O. The van der Waals surface area contributed by atoms with Crippen LogP contribution in [0.2, 0.25) is 0 Å². The van der Waals surface area contributed by atoms with Crippen LogP contribution in [0.15, 0.2) is 0 Å². The molecular weight excluding hydrogens is 1130 g/mol. The second-order valence-corrected chi connectivity index (χ2v) is 19.2. The minimum Gasteiger partial charge on any atom is -0.481 e. The number of amides is 7. The van der Waals surface area contributed by atoms with Crippen molar-refractivity contribution in [3.63, 3.8) is 0 Å². The Hall–Kier alpha value is -7.21. The second kappa shape index (κ2) is 47.1. The van der Waals surface area contributed by atoms with Crippen LogP contribution in [0.1, 0.15) is 64.7 Å². The van der Waals surface area contributed by atoms with Crippen LogP contribution in [0.4, 0.5) is 0 Å². The van der Waals surface area contributed by atoms with Crippen LogP contribution in [0.5, 0.6) is 0 Å². The van der Waals surface area contributed by atoms with E-state index in [1.165, 1.54) is 0 Å². The van der Waals surface area contributed by atoms with E-state index >= 15 is 0 Å². The predicted molar refractivity (Wildman–Crippen MR) is 294 cm³/mol. The Morgan fingerprint density at radius 3 is 1.38 bits per heavy atom. The van der Waals surface area contributed by atoms with Crippen LogP contribution in [-0.4, -0.2) is 305 Å². The Kier molecular flexibility index (Phi) is 42.0. The highest BCUT2D eigenvalue weighted by molar-refractivity contribution is 5.88. The molecule has 2 atom stereocenters. The number of hydrogen-bond acceptors (Lipinski definition) is 22. The van der Waals surface area contributed by atoms with Crippen LogP contribution in [0.3, 0.4) is 0 Å². The lowest BCUT2D eigenvalue weighted by Gasteiger charge is -2.32. The third kappa shape index (κ3) is 43.1. The van der Waals surface area contributed by atoms with Gasteiger partial charge in [-0.25, -0.2) is 4.79 Å². The number of aliphatic carboxylic acids is 5. The van der Waals surface area contributed by atoms with Gasteiger partial charge in [0.05, 0.1) is 78.8 Å². The summed E-state index contributed by atoms with van der Waals surface area (Å²) >= 11 is 0. The summed E-state index contributed by atoms with van der Waals surface area (Å²) < 4.78 is 26.4. The van der Waals surface area contributed by atoms with E-state index in [9.17, 15) is 82.8 Å². The fraction of sp³-hybridized carbons (Fsp3) is 0.745. The summed E-state index contributed by atoms with van der Waals surface area (Å²) in [6.45, 7) is 3.32. The number of carbonyl (C=O) groups excluding carboxylic acids is 8. The van der Waals surface area contributed by atoms with Gasteiger partial charge >= 0.3 is 35.8 Å². The van der Waals surface area contributed by atoms with Crippen molar-refractivity contribution in [1.29, 1.82) is 0 Å². The molecule has 0 aliphatic carbocycles. The van der Waals surface area contributed by atoms with Gasteiger partial charge in [0.2, 0.25) is 41.4 Å². The Labute approximate surface area is 492 Å². The molecule has 0 aromatic heterocycles. The summed E-state index contributed by atoms with van der Waals surface area (Å²) in [5.41, 5.74) is 0. The predicted octanol–water partition coefficient (Wildman–Crippen LogP) is -5.68. The van der Waals surface area contributed by atoms with Crippen molar-refractivity contribution in [3.05, 3.63) is 0 Å². The van der Waals surface area contributed by atoms with Gasteiger partial charge in [0.25, 0.3) is 0 Å². The molecule has 7 amide bonds. The van der Waals surface area contributed by atoms with Gasteiger partial charge in [-0.2, -0.15) is 0 Å². The van der Waals surface area contributed by atoms with Crippen LogP contribution < -0.4 is 37.2 Å². The summed E-state index contributed by atoms with van der Waals surface area (Å²) in [5.74, 6) is -10.1. The topological polar surface area (TPSA) is 466 Å². The van der Waals surface area contributed by atoms with Crippen molar-refractivity contribution in [1.82, 2.24) is 56.8 Å². The van der Waals surface area contributed by atoms with Crippen LogP contribution in [0, 0.1) is 0 Å². The van der Waals surface area contributed by atoms with Crippen LogP contribution in [0.25, 0.3) is 0 Å². The number of carbonyl (C=O) groups is 13. The fourth-order valence-electron chi connectivity index (χ4n) is 7.73. The average Bonchev–Trinajstić information content (AvgIpc) is 3.50. The van der Waals surface area contributed by atoms with Crippen molar-refractivity contribution in [2.24, 2.45) is 0 Å². The molecule has 0 aromatic rings. The number of rotatable bonds is 46. The smallest absolute Gasteiger partial charge is 0.326 e. The molecule has 12 N–H and O–H groups in total. The van der Waals surface area contributed by atoms with Gasteiger partial charge in [-0.15, -0.1) is 0 Å². The van der Waals surface area contributed by atoms with Gasteiger partial charge in [0.15, 0.2) is 0 Å². The molecule has 1 saturated heterocycles. The maximum Gasteiger partial charge on any atom is 0.326 e. The first-order chi connectivity index (χ1) is 40.6. The molecule has 1 heterocycles. The van der Waals surface area contributed by atoms with Gasteiger partial charge in [-0.05, 0) is 39.0 Å². The van der Waals surface area contributed by atoms with Gasteiger partial charge in [0, 0.05) is 97.8 Å². The van der Waals surface area contributed by atoms with E-state index in [0.717, 1.165) is 0 Å². The van der Waals surface area contributed by atoms with Crippen LogP contribution >= 0.6 is 0 Å². The van der Waals surface area contributed by atoms with Crippen molar-refractivity contribution in [2.45, 2.75) is 76.8 Å². The van der Waals surface area contributed by atoms with E-state index in [0.29, 0.717) is 19.4 Å². The highest BCUT2D eigenvalue weighted by Crippen LogP contribution is 2.05. The summed E-state index contributed by atoms with van der Waals surface area (Å²) in [4.78, 5) is 162. The third-order valence-electron chi connectivity index (χ3n) is 12.1. The highest BCUT2D eigenvalue weighted by Gasteiger charge is 2.24. The van der Waals surface area contributed by atoms with Crippen molar-refractivity contribution in [3.8, 4) is 0 Å². The standard InChI is InChI=1S/C51H87N11O23/c1-2-52-50(78)37(6-3-4-12-53-42(66)31-59-15-17-60(32-46(71)72)19-21-62(34-48(75)76)22-20-61(18-16-59)33-47(73)74)57-44(68)36-84-29-27-82-25-14-55-43(67)35-83-28-26-81-24-13-54-39(63)7-5-23-85-49(77)30-56-40(64)9-8-38(51(79)80)58-41(65)10-11-45(69)70/h37-38H,2-36H2,1H3,(H,52,78)(H,53,66)(H,54,63)(H,55,67)(H,56,64)(H,57,68)(H,58,65)(H,69,70)(H,71,72)(H,73,74)(H,75,76)(H,79,80)/t37-,38-/m0/s1. The maximum atomic E-state index is 13.1. The molecule has 34 nitrogen and oxygen atoms in total. The maximum absolute atomic E-state index is 13.1. The molecule has 0 unspecified atom stereocenters. The number of carboxylic acids is 5. The van der Waals surface area contributed by atoms with Gasteiger partial charge in [0.1, 0.15) is 31.8 Å². The third-order valence-corrected chi connectivity index (χ3v) is 12.1. The highest BCUT2D eigenvalue weighted by atomic mass is 16.5. The Morgan fingerprint density at radius 1 is 0.400 bits per heavy atom. The first-order valence-electron chi connectivity index (χ1n) is 28.0. The Morgan fingerprint density at radius 2 is 0.871 bits per heavy atom. The zero-order chi connectivity index (χ0) is 63.2. The van der Waals surface area contributed by atoms with E-state index in [2.05, 4.69) is 37.2 Å². The van der Waals surface area contributed by atoms with Gasteiger partial charge in [-0.3, -0.25) is 77.1 Å². The molecule has 1 fully saturated rings. The number of nitrogens with zero attached hydrogens (tertiary/aromatic N) is 4. The van der Waals surface area contributed by atoms with Crippen LogP contribution in [-0.2, 0) is 86.0 Å². The van der Waals surface area contributed by atoms with Crippen molar-refractivity contribution < 1.29 is 112 Å². The Balaban J connectivity index is 2.22. The second-order valence-electron chi connectivity index (χ2n) is 19.2. The van der Waals surface area contributed by atoms with Crippen molar-refractivity contribution >= 4 is 77.2 Å². The first-order valence-corrected chi connectivity index (χ1v) is 28.0. The Bertz CT molecular complexity index is 2080. The zero-order valence-electron chi connectivity index (χ0n) is 48.3. The summed E-state index contributed by atoms with van der Waals surface area (Å²) in [6, 6.07) is -2.30. The van der Waals surface area contributed by atoms with E-state index in [4.69, 9.17) is 28.8 Å². The summed E-state index contributed by atoms with van der Waals surface area (Å²) in [6.07, 6.45) is -0.164. The largest absolute Gasteiger partial charge is 0.481 e. The lowest BCUT2D eigenvalue weighted by Crippen LogP contribution is -2.49. The molecule has 34 heteroatoms.